The number of aryl methyl sites for hydroxylation is 1. The number of alkyl carbamates (subject to hydrolysis) is 1. The highest BCUT2D eigenvalue weighted by Crippen LogP contribution is 2.19. The molecule has 1 aromatic carbocycles. The van der Waals surface area contributed by atoms with E-state index < -0.39 is 11.7 Å². The minimum Gasteiger partial charge on any atom is -0.508 e. The van der Waals surface area contributed by atoms with Gasteiger partial charge in [-0.2, -0.15) is 0 Å². The average Bonchev–Trinajstić information content (AvgIpc) is 2.29. The van der Waals surface area contributed by atoms with Crippen molar-refractivity contribution in [3.63, 3.8) is 0 Å². The maximum atomic E-state index is 11.5. The first-order chi connectivity index (χ1) is 9.17. The highest BCUT2D eigenvalue weighted by Gasteiger charge is 2.17. The fraction of sp³-hybridized carbons (Fsp3) is 0.533. The SMILES string of the molecule is Cc1ccc(O)c(CC(N)CNC(=O)OC(C)(C)C)c1. The molecule has 5 heteroatoms. The van der Waals surface area contributed by atoms with Crippen LogP contribution in [0.25, 0.3) is 0 Å². The van der Waals surface area contributed by atoms with Gasteiger partial charge in [0.15, 0.2) is 0 Å². The molecule has 112 valence electrons. The summed E-state index contributed by atoms with van der Waals surface area (Å²) < 4.78 is 5.13. The fourth-order valence-corrected chi connectivity index (χ4v) is 1.76. The Labute approximate surface area is 120 Å². The Balaban J connectivity index is 2.46. The third-order valence-electron chi connectivity index (χ3n) is 2.62. The van der Waals surface area contributed by atoms with Crippen molar-refractivity contribution in [2.24, 2.45) is 5.73 Å². The molecule has 0 aliphatic rings. The van der Waals surface area contributed by atoms with Crippen molar-refractivity contribution >= 4 is 6.09 Å². The van der Waals surface area contributed by atoms with Crippen LogP contribution in [-0.2, 0) is 11.2 Å². The zero-order chi connectivity index (χ0) is 15.3. The zero-order valence-electron chi connectivity index (χ0n) is 12.6. The fourth-order valence-electron chi connectivity index (χ4n) is 1.76. The normalized spacial score (nSPS) is 12.8. The second-order valence-electron chi connectivity index (χ2n) is 5.98. The van der Waals surface area contributed by atoms with Crippen molar-refractivity contribution in [1.82, 2.24) is 5.32 Å². The van der Waals surface area contributed by atoms with E-state index in [0.29, 0.717) is 13.0 Å². The standard InChI is InChI=1S/C15H24N2O3/c1-10-5-6-13(18)11(7-10)8-12(16)9-17-14(19)20-15(2,3)4/h5-7,12,18H,8-9,16H2,1-4H3,(H,17,19). The Morgan fingerprint density at radius 1 is 1.45 bits per heavy atom. The van der Waals surface area contributed by atoms with Crippen LogP contribution in [0.3, 0.4) is 0 Å². The minimum absolute atomic E-state index is 0.225. The molecule has 0 aliphatic heterocycles. The lowest BCUT2D eigenvalue weighted by molar-refractivity contribution is 0.0524. The van der Waals surface area contributed by atoms with E-state index in [9.17, 15) is 9.90 Å². The van der Waals surface area contributed by atoms with Gasteiger partial charge >= 0.3 is 6.09 Å². The number of carbonyl (C=O) groups excluding carboxylic acids is 1. The Morgan fingerprint density at radius 2 is 2.10 bits per heavy atom. The molecule has 0 radical (unpaired) electrons. The van der Waals surface area contributed by atoms with Gasteiger partial charge in [0.25, 0.3) is 0 Å². The summed E-state index contributed by atoms with van der Waals surface area (Å²) in [6.45, 7) is 7.65. The summed E-state index contributed by atoms with van der Waals surface area (Å²) in [6, 6.07) is 5.10. The van der Waals surface area contributed by atoms with Crippen molar-refractivity contribution in [2.45, 2.75) is 45.8 Å². The van der Waals surface area contributed by atoms with Crippen molar-refractivity contribution < 1.29 is 14.6 Å². The van der Waals surface area contributed by atoms with E-state index in [1.165, 1.54) is 0 Å². The number of nitrogens with one attached hydrogen (secondary N) is 1. The summed E-state index contributed by atoms with van der Waals surface area (Å²) in [5, 5.41) is 12.4. The number of benzene rings is 1. The van der Waals surface area contributed by atoms with Crippen LogP contribution in [0.5, 0.6) is 5.75 Å². The van der Waals surface area contributed by atoms with Gasteiger partial charge in [0, 0.05) is 12.6 Å². The Bertz CT molecular complexity index is 467. The smallest absolute Gasteiger partial charge is 0.407 e. The van der Waals surface area contributed by atoms with Crippen LogP contribution in [-0.4, -0.2) is 29.4 Å². The molecule has 1 rings (SSSR count). The molecular formula is C15H24N2O3. The number of amides is 1. The largest absolute Gasteiger partial charge is 0.508 e. The summed E-state index contributed by atoms with van der Waals surface area (Å²) in [5.41, 5.74) is 7.27. The predicted molar refractivity (Wildman–Crippen MR) is 78.8 cm³/mol. The molecule has 1 unspecified atom stereocenters. The van der Waals surface area contributed by atoms with E-state index in [2.05, 4.69) is 5.32 Å². The molecule has 0 saturated heterocycles. The summed E-state index contributed by atoms with van der Waals surface area (Å²) >= 11 is 0. The van der Waals surface area contributed by atoms with E-state index in [1.54, 1.807) is 26.8 Å². The van der Waals surface area contributed by atoms with Gasteiger partial charge in [0.1, 0.15) is 11.4 Å². The Kier molecular flexibility index (Phi) is 5.39. The van der Waals surface area contributed by atoms with Gasteiger partial charge in [-0.05, 0) is 45.7 Å². The molecule has 4 N–H and O–H groups in total. The number of nitrogens with two attached hydrogens (primary N) is 1. The molecule has 1 amide bonds. The Hall–Kier alpha value is -1.75. The number of carbonyl (C=O) groups is 1. The number of aromatic hydroxyl groups is 1. The van der Waals surface area contributed by atoms with E-state index in [4.69, 9.17) is 10.5 Å². The zero-order valence-corrected chi connectivity index (χ0v) is 12.6. The molecule has 1 aromatic rings. The first-order valence-electron chi connectivity index (χ1n) is 6.68. The molecule has 0 saturated carbocycles. The molecule has 20 heavy (non-hydrogen) atoms. The van der Waals surface area contributed by atoms with Crippen molar-refractivity contribution in [1.29, 1.82) is 0 Å². The average molecular weight is 280 g/mol. The van der Waals surface area contributed by atoms with Crippen LogP contribution >= 0.6 is 0 Å². The highest BCUT2D eigenvalue weighted by molar-refractivity contribution is 5.67. The first kappa shape index (κ1) is 16.3. The third-order valence-corrected chi connectivity index (χ3v) is 2.62. The van der Waals surface area contributed by atoms with Crippen LogP contribution < -0.4 is 11.1 Å². The summed E-state index contributed by atoms with van der Waals surface area (Å²) in [7, 11) is 0. The quantitative estimate of drug-likeness (QED) is 0.788. The van der Waals surface area contributed by atoms with Gasteiger partial charge < -0.3 is 20.9 Å². The van der Waals surface area contributed by atoms with Crippen LogP contribution in [0, 0.1) is 6.92 Å². The van der Waals surface area contributed by atoms with Crippen LogP contribution in [0.15, 0.2) is 18.2 Å². The number of rotatable bonds is 4. The predicted octanol–water partition coefficient (Wildman–Crippen LogP) is 2.10. The van der Waals surface area contributed by atoms with E-state index >= 15 is 0 Å². The highest BCUT2D eigenvalue weighted by atomic mass is 16.6. The molecule has 0 aliphatic carbocycles. The van der Waals surface area contributed by atoms with Gasteiger partial charge in [-0.1, -0.05) is 17.7 Å². The molecule has 5 nitrogen and oxygen atoms in total. The van der Waals surface area contributed by atoms with Gasteiger partial charge in [-0.15, -0.1) is 0 Å². The third kappa shape index (κ3) is 5.93. The topological polar surface area (TPSA) is 84.6 Å². The van der Waals surface area contributed by atoms with Gasteiger partial charge in [0.2, 0.25) is 0 Å². The molecule has 0 heterocycles. The minimum atomic E-state index is -0.525. The lowest BCUT2D eigenvalue weighted by Gasteiger charge is -2.21. The number of ether oxygens (including phenoxy) is 1. The maximum absolute atomic E-state index is 11.5. The lowest BCUT2D eigenvalue weighted by atomic mass is 10.0. The van der Waals surface area contributed by atoms with Crippen LogP contribution in [0.1, 0.15) is 31.9 Å². The molecule has 0 bridgehead atoms. The van der Waals surface area contributed by atoms with Crippen LogP contribution in [0.2, 0.25) is 0 Å². The monoisotopic (exact) mass is 280 g/mol. The second-order valence-corrected chi connectivity index (χ2v) is 5.98. The number of phenolic OH excluding ortho intramolecular Hbond substituents is 1. The number of phenols is 1. The van der Waals surface area contributed by atoms with E-state index in [1.807, 2.05) is 19.1 Å². The number of hydrogen-bond donors (Lipinski definition) is 3. The maximum Gasteiger partial charge on any atom is 0.407 e. The molecule has 0 aromatic heterocycles. The second kappa shape index (κ2) is 6.61. The van der Waals surface area contributed by atoms with Crippen LogP contribution in [0.4, 0.5) is 4.79 Å². The van der Waals surface area contributed by atoms with Crippen molar-refractivity contribution in [2.75, 3.05) is 6.54 Å². The lowest BCUT2D eigenvalue weighted by Crippen LogP contribution is -2.41. The Morgan fingerprint density at radius 3 is 2.70 bits per heavy atom. The van der Waals surface area contributed by atoms with E-state index in [-0.39, 0.29) is 11.8 Å². The molecule has 0 fully saturated rings. The van der Waals surface area contributed by atoms with Crippen molar-refractivity contribution in [3.8, 4) is 5.75 Å². The first-order valence-corrected chi connectivity index (χ1v) is 6.68. The molecular weight excluding hydrogens is 256 g/mol. The summed E-state index contributed by atoms with van der Waals surface area (Å²) in [4.78, 5) is 11.5. The van der Waals surface area contributed by atoms with E-state index in [0.717, 1.165) is 11.1 Å². The van der Waals surface area contributed by atoms with Gasteiger partial charge in [0.05, 0.1) is 0 Å². The molecule has 1 atom stereocenters. The summed E-state index contributed by atoms with van der Waals surface area (Å²) in [6.07, 6.45) is 0.00459. The summed E-state index contributed by atoms with van der Waals surface area (Å²) in [5.74, 6) is 0.225. The molecule has 0 spiro atoms. The van der Waals surface area contributed by atoms with Gasteiger partial charge in [-0.25, -0.2) is 4.79 Å². The number of hydrogen-bond acceptors (Lipinski definition) is 4. The van der Waals surface area contributed by atoms with Crippen molar-refractivity contribution in [3.05, 3.63) is 29.3 Å². The van der Waals surface area contributed by atoms with Gasteiger partial charge in [-0.3, -0.25) is 0 Å².